The number of rotatable bonds is 5. The Morgan fingerprint density at radius 1 is 1.09 bits per heavy atom. The van der Waals surface area contributed by atoms with Crippen LogP contribution in [0.2, 0.25) is 5.02 Å². The lowest BCUT2D eigenvalue weighted by atomic mass is 10.2. The van der Waals surface area contributed by atoms with Crippen LogP contribution in [0.1, 0.15) is 11.1 Å². The lowest BCUT2D eigenvalue weighted by Gasteiger charge is -2.08. The maximum atomic E-state index is 13.6. The van der Waals surface area contributed by atoms with Gasteiger partial charge in [-0.05, 0) is 35.4 Å². The summed E-state index contributed by atoms with van der Waals surface area (Å²) < 4.78 is 55.6. The summed E-state index contributed by atoms with van der Waals surface area (Å²) in [4.78, 5) is 0. The molecule has 0 amide bonds. The topological polar surface area (TPSA) is 43.4 Å². The fourth-order valence-corrected chi connectivity index (χ4v) is 3.81. The minimum Gasteiger partial charge on any atom is -0.494 e. The molecule has 7 heteroatoms. The zero-order valence-electron chi connectivity index (χ0n) is 11.6. The minimum atomic E-state index is -3.57. The predicted molar refractivity (Wildman–Crippen MR) is 80.7 cm³/mol. The smallest absolute Gasteiger partial charge is 0.165 e. The molecular formula is C15H13ClF2O3S. The van der Waals surface area contributed by atoms with Crippen molar-refractivity contribution in [1.82, 2.24) is 0 Å². The van der Waals surface area contributed by atoms with E-state index in [9.17, 15) is 17.2 Å². The monoisotopic (exact) mass is 346 g/mol. The molecule has 0 heterocycles. The van der Waals surface area contributed by atoms with Crippen LogP contribution in [0, 0.1) is 11.6 Å². The Kier molecular flexibility index (Phi) is 5.03. The van der Waals surface area contributed by atoms with E-state index in [0.29, 0.717) is 11.1 Å². The highest BCUT2D eigenvalue weighted by Crippen LogP contribution is 2.23. The first-order chi connectivity index (χ1) is 10.3. The normalized spacial score (nSPS) is 11.5. The van der Waals surface area contributed by atoms with Gasteiger partial charge in [-0.3, -0.25) is 0 Å². The molecule has 0 radical (unpaired) electrons. The van der Waals surface area contributed by atoms with Crippen molar-refractivity contribution in [3.8, 4) is 5.75 Å². The highest BCUT2D eigenvalue weighted by Gasteiger charge is 2.16. The van der Waals surface area contributed by atoms with E-state index < -0.39 is 21.5 Å². The van der Waals surface area contributed by atoms with E-state index in [1.54, 1.807) is 0 Å². The van der Waals surface area contributed by atoms with Crippen LogP contribution >= 0.6 is 11.6 Å². The Labute approximate surface area is 132 Å². The largest absolute Gasteiger partial charge is 0.494 e. The van der Waals surface area contributed by atoms with Crippen LogP contribution in [0.25, 0.3) is 0 Å². The Bertz CT molecular complexity index is 791. The third-order valence-corrected chi connectivity index (χ3v) is 4.87. The molecule has 0 atom stereocenters. The van der Waals surface area contributed by atoms with E-state index >= 15 is 0 Å². The Hall–Kier alpha value is -1.66. The van der Waals surface area contributed by atoms with Crippen LogP contribution in [0.4, 0.5) is 8.78 Å². The van der Waals surface area contributed by atoms with Gasteiger partial charge in [-0.2, -0.15) is 0 Å². The number of halogens is 3. The second-order valence-corrected chi connectivity index (χ2v) is 7.21. The molecule has 0 saturated heterocycles. The molecular weight excluding hydrogens is 334 g/mol. The third-order valence-electron chi connectivity index (χ3n) is 2.99. The number of sulfone groups is 1. The summed E-state index contributed by atoms with van der Waals surface area (Å²) in [6.45, 7) is 0. The number of hydrogen-bond donors (Lipinski definition) is 0. The maximum Gasteiger partial charge on any atom is 0.165 e. The van der Waals surface area contributed by atoms with Crippen molar-refractivity contribution in [3.05, 3.63) is 64.2 Å². The fraction of sp³-hybridized carbons (Fsp3) is 0.200. The molecule has 2 aromatic carbocycles. The van der Waals surface area contributed by atoms with E-state index in [0.717, 1.165) is 18.2 Å². The van der Waals surface area contributed by atoms with Gasteiger partial charge in [0, 0.05) is 5.02 Å². The Balaban J connectivity index is 2.19. The molecule has 0 fully saturated rings. The molecule has 0 N–H and O–H groups in total. The number of ether oxygens (including phenoxy) is 1. The molecule has 118 valence electrons. The lowest BCUT2D eigenvalue weighted by molar-refractivity contribution is 0.386. The van der Waals surface area contributed by atoms with Crippen LogP contribution < -0.4 is 4.74 Å². The Morgan fingerprint density at radius 3 is 2.41 bits per heavy atom. The van der Waals surface area contributed by atoms with Crippen LogP contribution in [0.15, 0.2) is 36.4 Å². The van der Waals surface area contributed by atoms with Crippen LogP contribution in [-0.2, 0) is 21.3 Å². The van der Waals surface area contributed by atoms with Gasteiger partial charge in [0.25, 0.3) is 0 Å². The summed E-state index contributed by atoms with van der Waals surface area (Å²) in [5.41, 5.74) is 0.605. The quantitative estimate of drug-likeness (QED) is 0.828. The SMILES string of the molecule is COc1ccc(CS(=O)(=O)Cc2ccc(F)cc2Cl)cc1F. The second kappa shape index (κ2) is 6.62. The first-order valence-corrected chi connectivity index (χ1v) is 8.47. The zero-order chi connectivity index (χ0) is 16.3. The molecule has 2 rings (SSSR count). The summed E-state index contributed by atoms with van der Waals surface area (Å²) >= 11 is 5.82. The summed E-state index contributed by atoms with van der Waals surface area (Å²) in [6, 6.07) is 7.48. The highest BCUT2D eigenvalue weighted by molar-refractivity contribution is 7.89. The molecule has 0 aliphatic carbocycles. The fourth-order valence-electron chi connectivity index (χ4n) is 1.98. The molecule has 0 saturated carbocycles. The van der Waals surface area contributed by atoms with Crippen molar-refractivity contribution in [2.24, 2.45) is 0 Å². The van der Waals surface area contributed by atoms with Gasteiger partial charge in [0.15, 0.2) is 21.4 Å². The first-order valence-electron chi connectivity index (χ1n) is 6.27. The van der Waals surface area contributed by atoms with E-state index in [4.69, 9.17) is 16.3 Å². The third kappa shape index (κ3) is 4.18. The van der Waals surface area contributed by atoms with Gasteiger partial charge in [0.05, 0.1) is 18.6 Å². The standard InChI is InChI=1S/C15H13ClF2O3S/c1-21-15-5-2-10(6-14(15)18)8-22(19,20)9-11-3-4-12(17)7-13(11)16/h2-7H,8-9H2,1H3. The van der Waals surface area contributed by atoms with Crippen LogP contribution in [0.3, 0.4) is 0 Å². The molecule has 22 heavy (non-hydrogen) atoms. The maximum absolute atomic E-state index is 13.6. The number of hydrogen-bond acceptors (Lipinski definition) is 3. The van der Waals surface area contributed by atoms with E-state index in [1.807, 2.05) is 0 Å². The molecule has 0 bridgehead atoms. The first kappa shape index (κ1) is 16.7. The summed E-state index contributed by atoms with van der Waals surface area (Å²) in [6.07, 6.45) is 0. The van der Waals surface area contributed by atoms with E-state index in [1.165, 1.54) is 25.3 Å². The van der Waals surface area contributed by atoms with Crippen molar-refractivity contribution in [3.63, 3.8) is 0 Å². The summed E-state index contributed by atoms with van der Waals surface area (Å²) in [5.74, 6) is -1.82. The van der Waals surface area contributed by atoms with Gasteiger partial charge in [0.2, 0.25) is 0 Å². The number of benzene rings is 2. The van der Waals surface area contributed by atoms with Crippen molar-refractivity contribution >= 4 is 21.4 Å². The van der Waals surface area contributed by atoms with Crippen molar-refractivity contribution in [2.75, 3.05) is 7.11 Å². The second-order valence-electron chi connectivity index (χ2n) is 4.74. The Morgan fingerprint density at radius 2 is 1.82 bits per heavy atom. The molecule has 0 aliphatic rings. The molecule has 0 spiro atoms. The molecule has 3 nitrogen and oxygen atoms in total. The van der Waals surface area contributed by atoms with Gasteiger partial charge >= 0.3 is 0 Å². The predicted octanol–water partition coefficient (Wildman–Crippen LogP) is 3.74. The van der Waals surface area contributed by atoms with Crippen molar-refractivity contribution < 1.29 is 21.9 Å². The lowest BCUT2D eigenvalue weighted by Crippen LogP contribution is -2.08. The number of methoxy groups -OCH3 is 1. The van der Waals surface area contributed by atoms with Crippen LogP contribution in [0.5, 0.6) is 5.75 Å². The summed E-state index contributed by atoms with van der Waals surface area (Å²) in [5, 5.41) is 0.0458. The zero-order valence-corrected chi connectivity index (χ0v) is 13.2. The van der Waals surface area contributed by atoms with Crippen LogP contribution in [-0.4, -0.2) is 15.5 Å². The molecule has 0 aromatic heterocycles. The molecule has 0 aliphatic heterocycles. The molecule has 0 unspecified atom stereocenters. The van der Waals surface area contributed by atoms with Gasteiger partial charge in [-0.1, -0.05) is 23.7 Å². The van der Waals surface area contributed by atoms with Crippen molar-refractivity contribution in [1.29, 1.82) is 0 Å². The van der Waals surface area contributed by atoms with E-state index in [-0.39, 0.29) is 22.3 Å². The highest BCUT2D eigenvalue weighted by atomic mass is 35.5. The van der Waals surface area contributed by atoms with Gasteiger partial charge in [-0.15, -0.1) is 0 Å². The van der Waals surface area contributed by atoms with Gasteiger partial charge < -0.3 is 4.74 Å². The summed E-state index contributed by atoms with van der Waals surface area (Å²) in [7, 11) is -2.25. The average Bonchev–Trinajstić information content (AvgIpc) is 2.42. The van der Waals surface area contributed by atoms with E-state index in [2.05, 4.69) is 0 Å². The molecule has 2 aromatic rings. The minimum absolute atomic E-state index is 0.0442. The average molecular weight is 347 g/mol. The van der Waals surface area contributed by atoms with Gasteiger partial charge in [0.1, 0.15) is 5.82 Å². The van der Waals surface area contributed by atoms with Gasteiger partial charge in [-0.25, -0.2) is 17.2 Å². The van der Waals surface area contributed by atoms with Crippen molar-refractivity contribution in [2.45, 2.75) is 11.5 Å².